The van der Waals surface area contributed by atoms with E-state index in [0.29, 0.717) is 74.1 Å². The largest absolute Gasteiger partial charge is 0.370 e. The summed E-state index contributed by atoms with van der Waals surface area (Å²) in [4.78, 5) is 53.0. The van der Waals surface area contributed by atoms with Gasteiger partial charge in [0.15, 0.2) is 0 Å². The Labute approximate surface area is 288 Å². The number of aryl methyl sites for hydroxylation is 2. The van der Waals surface area contributed by atoms with Crippen molar-refractivity contribution in [3.8, 4) is 0 Å². The molecule has 14 nitrogen and oxygen atoms in total. The van der Waals surface area contributed by atoms with Crippen molar-refractivity contribution in [2.24, 2.45) is 0 Å². The van der Waals surface area contributed by atoms with E-state index in [-0.39, 0.29) is 48.0 Å². The van der Waals surface area contributed by atoms with Gasteiger partial charge in [0, 0.05) is 25.5 Å². The van der Waals surface area contributed by atoms with Crippen LogP contribution in [0.2, 0.25) is 0 Å². The van der Waals surface area contributed by atoms with Crippen LogP contribution in [0.1, 0.15) is 91.3 Å². The number of carbonyl (C=O) groups is 4. The highest BCUT2D eigenvalue weighted by molar-refractivity contribution is 6.22. The topological polar surface area (TPSA) is 155 Å². The maximum Gasteiger partial charge on any atom is 0.261 e. The van der Waals surface area contributed by atoms with E-state index >= 15 is 0 Å². The molecule has 2 fully saturated rings. The fourth-order valence-electron chi connectivity index (χ4n) is 7.51. The molecular weight excluding hydrogens is 640 g/mol. The minimum absolute atomic E-state index is 0.0220. The summed E-state index contributed by atoms with van der Waals surface area (Å²) in [7, 11) is 0. The molecule has 4 amide bonds. The Morgan fingerprint density at radius 2 is 0.940 bits per heavy atom. The van der Waals surface area contributed by atoms with Gasteiger partial charge in [0.25, 0.3) is 23.6 Å². The number of ether oxygens (including phenoxy) is 2. The van der Waals surface area contributed by atoms with Gasteiger partial charge >= 0.3 is 0 Å². The van der Waals surface area contributed by atoms with Crippen LogP contribution < -0.4 is 0 Å². The number of benzene rings is 2. The molecular formula is C36H38N8O6. The number of hydrogen-bond donors (Lipinski definition) is 0. The quantitative estimate of drug-likeness (QED) is 0.193. The predicted molar refractivity (Wildman–Crippen MR) is 176 cm³/mol. The normalized spacial score (nSPS) is 23.0. The van der Waals surface area contributed by atoms with E-state index < -0.39 is 0 Å². The summed E-state index contributed by atoms with van der Waals surface area (Å²) < 4.78 is 16.4. The molecule has 0 aliphatic carbocycles. The number of nitrogens with zero attached hydrogens (tertiary/aromatic N) is 8. The third kappa shape index (κ3) is 6.36. The number of carbonyl (C=O) groups excluding carboxylic acids is 4. The van der Waals surface area contributed by atoms with Crippen molar-refractivity contribution < 1.29 is 28.7 Å². The average Bonchev–Trinajstić information content (AvgIpc) is 4.00. The van der Waals surface area contributed by atoms with Gasteiger partial charge in [-0.1, -0.05) is 34.7 Å². The van der Waals surface area contributed by atoms with E-state index in [1.54, 1.807) is 48.5 Å². The van der Waals surface area contributed by atoms with E-state index in [1.165, 1.54) is 9.80 Å². The number of aromatic nitrogens is 6. The monoisotopic (exact) mass is 678 g/mol. The zero-order valence-corrected chi connectivity index (χ0v) is 27.6. The molecule has 0 bridgehead atoms. The van der Waals surface area contributed by atoms with Gasteiger partial charge in [0.1, 0.15) is 0 Å². The van der Waals surface area contributed by atoms with Gasteiger partial charge in [0.05, 0.1) is 71.1 Å². The molecule has 258 valence electrons. The maximum absolute atomic E-state index is 12.6. The van der Waals surface area contributed by atoms with Crippen LogP contribution in [-0.2, 0) is 35.4 Å². The molecule has 0 unspecified atom stereocenters. The first-order valence-electron chi connectivity index (χ1n) is 17.4. The van der Waals surface area contributed by atoms with Gasteiger partial charge in [-0.25, -0.2) is 9.36 Å². The minimum Gasteiger partial charge on any atom is -0.370 e. The number of fused-ring (bicyclic) bond motifs is 2. The van der Waals surface area contributed by atoms with Crippen LogP contribution in [0, 0.1) is 0 Å². The molecule has 50 heavy (non-hydrogen) atoms. The first-order valence-corrected chi connectivity index (χ1v) is 17.4. The lowest BCUT2D eigenvalue weighted by Crippen LogP contribution is -2.31. The molecule has 4 aromatic rings. The summed E-state index contributed by atoms with van der Waals surface area (Å²) in [6.07, 6.45) is 10.1. The molecule has 8 rings (SSSR count). The minimum atomic E-state index is -0.237. The second kappa shape index (κ2) is 13.7. The zero-order chi connectivity index (χ0) is 34.2. The fourth-order valence-corrected chi connectivity index (χ4v) is 7.51. The Morgan fingerprint density at radius 1 is 0.560 bits per heavy atom. The van der Waals surface area contributed by atoms with Crippen LogP contribution in [0.25, 0.3) is 0 Å². The van der Waals surface area contributed by atoms with Crippen LogP contribution in [0.15, 0.2) is 60.9 Å². The molecule has 2 aromatic heterocycles. The van der Waals surface area contributed by atoms with Crippen molar-refractivity contribution in [3.63, 3.8) is 0 Å². The van der Waals surface area contributed by atoms with Gasteiger partial charge < -0.3 is 9.47 Å². The van der Waals surface area contributed by atoms with Crippen LogP contribution in [0.4, 0.5) is 0 Å². The van der Waals surface area contributed by atoms with Crippen LogP contribution in [0.3, 0.4) is 0 Å². The number of rotatable bonds is 13. The van der Waals surface area contributed by atoms with E-state index in [4.69, 9.17) is 9.47 Å². The van der Waals surface area contributed by atoms with Crippen LogP contribution in [0.5, 0.6) is 0 Å². The Kier molecular flexibility index (Phi) is 8.79. The number of imide groups is 2. The SMILES string of the molecule is O=C1c2ccccc2C(=O)N1CCCc1cn(C[C@H]2CC[C@@H]([C@@H]3CC[C@H](Cn4cc(CCCN5C(=O)c6ccccc6C5=O)nn4)O3)O2)nn1. The summed E-state index contributed by atoms with van der Waals surface area (Å²) in [5.74, 6) is -0.947. The van der Waals surface area contributed by atoms with Crippen molar-refractivity contribution in [3.05, 3.63) is 94.6 Å². The molecule has 2 aromatic carbocycles. The lowest BCUT2D eigenvalue weighted by molar-refractivity contribution is -0.0714. The van der Waals surface area contributed by atoms with Gasteiger partial charge in [-0.05, 0) is 75.6 Å². The highest BCUT2D eigenvalue weighted by Gasteiger charge is 2.38. The number of hydrogen-bond acceptors (Lipinski definition) is 10. The third-order valence-electron chi connectivity index (χ3n) is 10.0. The molecule has 0 spiro atoms. The highest BCUT2D eigenvalue weighted by atomic mass is 16.6. The third-order valence-corrected chi connectivity index (χ3v) is 10.0. The Morgan fingerprint density at radius 3 is 1.32 bits per heavy atom. The van der Waals surface area contributed by atoms with Gasteiger partial charge in [-0.15, -0.1) is 10.2 Å². The lowest BCUT2D eigenvalue weighted by atomic mass is 10.1. The molecule has 6 heterocycles. The molecule has 0 N–H and O–H groups in total. The maximum atomic E-state index is 12.6. The molecule has 0 radical (unpaired) electrons. The van der Waals surface area contributed by atoms with Gasteiger partial charge in [0.2, 0.25) is 0 Å². The smallest absolute Gasteiger partial charge is 0.261 e. The van der Waals surface area contributed by atoms with Crippen molar-refractivity contribution in [1.29, 1.82) is 0 Å². The summed E-state index contributed by atoms with van der Waals surface area (Å²) in [6.45, 7) is 1.89. The van der Waals surface area contributed by atoms with Crippen LogP contribution in [-0.4, -0.2) is 101 Å². The van der Waals surface area contributed by atoms with E-state index in [1.807, 2.05) is 21.8 Å². The highest BCUT2D eigenvalue weighted by Crippen LogP contribution is 2.32. The van der Waals surface area contributed by atoms with Crippen molar-refractivity contribution in [2.45, 2.75) is 88.9 Å². The zero-order valence-electron chi connectivity index (χ0n) is 27.6. The average molecular weight is 679 g/mol. The molecule has 14 heteroatoms. The molecule has 4 aliphatic heterocycles. The summed E-state index contributed by atoms with van der Waals surface area (Å²) in [6, 6.07) is 13.9. The fraction of sp³-hybridized carbons (Fsp3) is 0.444. The van der Waals surface area contributed by atoms with E-state index in [2.05, 4.69) is 20.6 Å². The van der Waals surface area contributed by atoms with E-state index in [0.717, 1.165) is 37.1 Å². The van der Waals surface area contributed by atoms with Gasteiger partial charge in [-0.2, -0.15) is 0 Å². The molecule has 2 saturated heterocycles. The first-order chi connectivity index (χ1) is 24.4. The van der Waals surface area contributed by atoms with E-state index in [9.17, 15) is 19.2 Å². The standard InChI is InChI=1S/C36H38N8O6/c45-33-27-9-1-2-10-28(27)34(46)43(33)17-5-7-23-19-41(39-37-23)21-25-13-15-31(49-25)32-16-14-26(50-32)22-42-20-24(38-40-42)8-6-18-44-35(47)29-11-3-4-12-30(29)36(44)48/h1-4,9-12,19-20,25-26,31-32H,5-8,13-18,21-22H2/t25-,26-,31+,32+/m1/s1. The van der Waals surface area contributed by atoms with Gasteiger partial charge in [-0.3, -0.25) is 29.0 Å². The Balaban J connectivity index is 0.742. The molecule has 0 saturated carbocycles. The Hall–Kier alpha value is -5.08. The summed E-state index contributed by atoms with van der Waals surface area (Å²) in [5.41, 5.74) is 3.50. The molecule has 4 aliphatic rings. The summed E-state index contributed by atoms with van der Waals surface area (Å²) >= 11 is 0. The number of amides is 4. The Bertz CT molecular complexity index is 1730. The van der Waals surface area contributed by atoms with Crippen molar-refractivity contribution in [1.82, 2.24) is 39.8 Å². The second-order valence-corrected chi connectivity index (χ2v) is 13.4. The lowest BCUT2D eigenvalue weighted by Gasteiger charge is -2.20. The second-order valence-electron chi connectivity index (χ2n) is 13.4. The van der Waals surface area contributed by atoms with Crippen molar-refractivity contribution in [2.75, 3.05) is 13.1 Å². The molecule has 4 atom stereocenters. The first kappa shape index (κ1) is 32.1. The summed E-state index contributed by atoms with van der Waals surface area (Å²) in [5, 5.41) is 17.2. The van der Waals surface area contributed by atoms with Crippen molar-refractivity contribution >= 4 is 23.6 Å². The predicted octanol–water partition coefficient (Wildman–Crippen LogP) is 3.12. The van der Waals surface area contributed by atoms with Crippen LogP contribution >= 0.6 is 0 Å².